The van der Waals surface area contributed by atoms with E-state index < -0.39 is 5.97 Å². The summed E-state index contributed by atoms with van der Waals surface area (Å²) >= 11 is 6.12. The van der Waals surface area contributed by atoms with Crippen molar-refractivity contribution in [3.05, 3.63) is 96.2 Å². The van der Waals surface area contributed by atoms with Crippen molar-refractivity contribution in [2.45, 2.75) is 0 Å². The topological polar surface area (TPSA) is 113 Å². The fourth-order valence-electron chi connectivity index (χ4n) is 2.25. The standard InChI is InChI=1S/C17H13ClN4O2.C4H4N2/c18-14-10-19-17(21-13-8-6-11(7-9-13)16(23)24)22-15(14)20-12-4-2-1-3-5-12;1-2-5-4-6-3-1/h1-10H,(H,23,24)(H2,19,20,21,22);1-4H. The summed E-state index contributed by atoms with van der Waals surface area (Å²) in [4.78, 5) is 26.7. The van der Waals surface area contributed by atoms with Crippen LogP contribution in [-0.2, 0) is 0 Å². The molecule has 4 rings (SSSR count). The van der Waals surface area contributed by atoms with Crippen molar-refractivity contribution in [2.75, 3.05) is 10.6 Å². The molecule has 9 heteroatoms. The molecule has 0 fully saturated rings. The second-order valence-corrected chi connectivity index (χ2v) is 6.20. The van der Waals surface area contributed by atoms with E-state index in [0.29, 0.717) is 22.5 Å². The van der Waals surface area contributed by atoms with Gasteiger partial charge in [-0.2, -0.15) is 4.98 Å². The molecule has 0 atom stereocenters. The number of halogens is 1. The molecule has 0 amide bonds. The Morgan fingerprint density at radius 1 is 0.867 bits per heavy atom. The molecule has 0 bridgehead atoms. The molecule has 3 N–H and O–H groups in total. The zero-order valence-electron chi connectivity index (χ0n) is 15.6. The highest BCUT2D eigenvalue weighted by Gasteiger charge is 2.07. The highest BCUT2D eigenvalue weighted by atomic mass is 35.5. The molecule has 0 spiro atoms. The van der Waals surface area contributed by atoms with E-state index in [1.807, 2.05) is 30.3 Å². The van der Waals surface area contributed by atoms with Crippen molar-refractivity contribution in [1.29, 1.82) is 0 Å². The summed E-state index contributed by atoms with van der Waals surface area (Å²) in [6.07, 6.45) is 6.37. The number of hydrogen-bond donors (Lipinski definition) is 3. The maximum Gasteiger partial charge on any atom is 0.335 e. The smallest absolute Gasteiger partial charge is 0.335 e. The molecule has 2 aromatic carbocycles. The molecule has 0 saturated carbocycles. The maximum absolute atomic E-state index is 10.9. The van der Waals surface area contributed by atoms with Gasteiger partial charge in [0.1, 0.15) is 11.3 Å². The number of nitrogens with one attached hydrogen (secondary N) is 2. The van der Waals surface area contributed by atoms with Crippen LogP contribution in [0.5, 0.6) is 0 Å². The van der Waals surface area contributed by atoms with E-state index in [2.05, 4.69) is 30.6 Å². The maximum atomic E-state index is 10.9. The van der Waals surface area contributed by atoms with Crippen molar-refractivity contribution in [3.8, 4) is 0 Å². The Balaban J connectivity index is 0.000000367. The average molecular weight is 421 g/mol. The van der Waals surface area contributed by atoms with Gasteiger partial charge >= 0.3 is 5.97 Å². The van der Waals surface area contributed by atoms with Crippen LogP contribution in [0.15, 0.2) is 85.6 Å². The highest BCUT2D eigenvalue weighted by Crippen LogP contribution is 2.24. The Hall–Kier alpha value is -4.04. The van der Waals surface area contributed by atoms with Gasteiger partial charge < -0.3 is 15.7 Å². The first-order valence-corrected chi connectivity index (χ1v) is 9.14. The Morgan fingerprint density at radius 3 is 2.10 bits per heavy atom. The molecular formula is C21H17ClN6O2. The summed E-state index contributed by atoms with van der Waals surface area (Å²) in [5, 5.41) is 15.4. The van der Waals surface area contributed by atoms with Crippen LogP contribution in [0.2, 0.25) is 5.02 Å². The van der Waals surface area contributed by atoms with E-state index in [4.69, 9.17) is 16.7 Å². The number of rotatable bonds is 5. The van der Waals surface area contributed by atoms with Gasteiger partial charge in [-0.3, -0.25) is 0 Å². The summed E-state index contributed by atoms with van der Waals surface area (Å²) in [5.41, 5.74) is 1.74. The van der Waals surface area contributed by atoms with Crippen molar-refractivity contribution < 1.29 is 9.90 Å². The molecule has 0 radical (unpaired) electrons. The van der Waals surface area contributed by atoms with Gasteiger partial charge in [0.05, 0.1) is 11.8 Å². The number of nitrogens with zero attached hydrogens (tertiary/aromatic N) is 4. The molecule has 0 aliphatic carbocycles. The number of benzene rings is 2. The molecule has 2 heterocycles. The molecule has 8 nitrogen and oxygen atoms in total. The third kappa shape index (κ3) is 6.25. The quantitative estimate of drug-likeness (QED) is 0.422. The van der Waals surface area contributed by atoms with Crippen LogP contribution < -0.4 is 10.6 Å². The average Bonchev–Trinajstić information content (AvgIpc) is 2.79. The molecule has 150 valence electrons. The first kappa shape index (κ1) is 20.7. The molecular weight excluding hydrogens is 404 g/mol. The fraction of sp³-hybridized carbons (Fsp3) is 0. The van der Waals surface area contributed by atoms with Gasteiger partial charge in [-0.1, -0.05) is 29.8 Å². The van der Waals surface area contributed by atoms with Gasteiger partial charge in [-0.15, -0.1) is 0 Å². The van der Waals surface area contributed by atoms with Crippen molar-refractivity contribution in [3.63, 3.8) is 0 Å². The number of anilines is 4. The van der Waals surface area contributed by atoms with E-state index in [9.17, 15) is 4.79 Å². The Labute approximate surface area is 177 Å². The minimum absolute atomic E-state index is 0.212. The predicted molar refractivity (Wildman–Crippen MR) is 115 cm³/mol. The van der Waals surface area contributed by atoms with E-state index in [0.717, 1.165) is 5.69 Å². The number of aromatic carboxylic acids is 1. The molecule has 0 saturated heterocycles. The molecule has 30 heavy (non-hydrogen) atoms. The monoisotopic (exact) mass is 420 g/mol. The Kier molecular flexibility index (Phi) is 7.23. The van der Waals surface area contributed by atoms with Gasteiger partial charge in [0.25, 0.3) is 0 Å². The third-order valence-electron chi connectivity index (χ3n) is 3.65. The third-order valence-corrected chi connectivity index (χ3v) is 3.92. The molecule has 0 unspecified atom stereocenters. The second kappa shape index (κ2) is 10.5. The van der Waals surface area contributed by atoms with E-state index in [1.165, 1.54) is 24.7 Å². The van der Waals surface area contributed by atoms with E-state index >= 15 is 0 Å². The van der Waals surface area contributed by atoms with E-state index in [-0.39, 0.29) is 5.56 Å². The lowest BCUT2D eigenvalue weighted by Crippen LogP contribution is -2.02. The van der Waals surface area contributed by atoms with Crippen LogP contribution in [0, 0.1) is 0 Å². The van der Waals surface area contributed by atoms with Crippen molar-refractivity contribution in [1.82, 2.24) is 19.9 Å². The van der Waals surface area contributed by atoms with Crippen LogP contribution in [0.3, 0.4) is 0 Å². The normalized spacial score (nSPS) is 9.77. The number of carbonyl (C=O) groups is 1. The minimum atomic E-state index is -0.973. The highest BCUT2D eigenvalue weighted by molar-refractivity contribution is 6.32. The van der Waals surface area contributed by atoms with Gasteiger partial charge in [0.15, 0.2) is 5.82 Å². The van der Waals surface area contributed by atoms with Gasteiger partial charge in [0.2, 0.25) is 5.95 Å². The van der Waals surface area contributed by atoms with Crippen LogP contribution in [0.1, 0.15) is 10.4 Å². The SMILES string of the molecule is O=C(O)c1ccc(Nc2ncc(Cl)c(Nc3ccccc3)n2)cc1.c1cncnc1. The number of hydrogen-bond acceptors (Lipinski definition) is 7. The lowest BCUT2D eigenvalue weighted by Gasteiger charge is -2.10. The van der Waals surface area contributed by atoms with Gasteiger partial charge in [0, 0.05) is 23.8 Å². The molecule has 2 aromatic heterocycles. The van der Waals surface area contributed by atoms with Crippen LogP contribution >= 0.6 is 11.6 Å². The molecule has 0 aliphatic heterocycles. The van der Waals surface area contributed by atoms with Gasteiger partial charge in [-0.05, 0) is 42.5 Å². The summed E-state index contributed by atoms with van der Waals surface area (Å²) < 4.78 is 0. The molecule has 4 aromatic rings. The van der Waals surface area contributed by atoms with Crippen LogP contribution in [0.4, 0.5) is 23.1 Å². The van der Waals surface area contributed by atoms with Gasteiger partial charge in [-0.25, -0.2) is 19.7 Å². The first-order chi connectivity index (χ1) is 14.6. The largest absolute Gasteiger partial charge is 0.478 e. The van der Waals surface area contributed by atoms with Crippen molar-refractivity contribution in [2.24, 2.45) is 0 Å². The summed E-state index contributed by atoms with van der Waals surface area (Å²) in [6, 6.07) is 17.6. The number of carboxylic acids is 1. The lowest BCUT2D eigenvalue weighted by molar-refractivity contribution is 0.0697. The van der Waals surface area contributed by atoms with Crippen LogP contribution in [-0.4, -0.2) is 31.0 Å². The molecule has 0 aliphatic rings. The summed E-state index contributed by atoms with van der Waals surface area (Å²) in [6.45, 7) is 0. The lowest BCUT2D eigenvalue weighted by atomic mass is 10.2. The number of para-hydroxylation sites is 1. The minimum Gasteiger partial charge on any atom is -0.478 e. The summed E-state index contributed by atoms with van der Waals surface area (Å²) in [7, 11) is 0. The number of carboxylic acid groups (broad SMARTS) is 1. The van der Waals surface area contributed by atoms with E-state index in [1.54, 1.807) is 30.6 Å². The Morgan fingerprint density at radius 2 is 1.53 bits per heavy atom. The fourth-order valence-corrected chi connectivity index (χ4v) is 2.39. The number of aromatic nitrogens is 4. The Bertz CT molecular complexity index is 1050. The second-order valence-electron chi connectivity index (χ2n) is 5.79. The van der Waals surface area contributed by atoms with Crippen molar-refractivity contribution >= 4 is 40.7 Å². The first-order valence-electron chi connectivity index (χ1n) is 8.77. The zero-order valence-corrected chi connectivity index (χ0v) is 16.4. The van der Waals surface area contributed by atoms with Crippen LogP contribution in [0.25, 0.3) is 0 Å². The zero-order chi connectivity index (χ0) is 21.2. The summed E-state index contributed by atoms with van der Waals surface area (Å²) in [5.74, 6) is -0.151. The predicted octanol–water partition coefficient (Wildman–Crippen LogP) is 4.79.